The molecule has 2 atom stereocenters. The van der Waals surface area contributed by atoms with Gasteiger partial charge < -0.3 is 24.8 Å². The minimum absolute atomic E-state index is 0.0143. The van der Waals surface area contributed by atoms with Crippen molar-refractivity contribution >= 4 is 46.0 Å². The predicted molar refractivity (Wildman–Crippen MR) is 157 cm³/mol. The van der Waals surface area contributed by atoms with Crippen LogP contribution in [0.4, 0.5) is 13.2 Å². The molecule has 1 aromatic carbocycles. The molecule has 2 aliphatic heterocycles. The molecule has 1 unspecified atom stereocenters. The van der Waals surface area contributed by atoms with E-state index < -0.39 is 11.9 Å². The number of amides is 1. The summed E-state index contributed by atoms with van der Waals surface area (Å²) in [5.41, 5.74) is 3.18. The molecule has 2 aromatic heterocycles. The summed E-state index contributed by atoms with van der Waals surface area (Å²) < 4.78 is 48.7. The van der Waals surface area contributed by atoms with Crippen LogP contribution >= 0.6 is 34.5 Å². The fourth-order valence-corrected chi connectivity index (χ4v) is 6.94. The third kappa shape index (κ3) is 6.58. The molecule has 1 aliphatic carbocycles. The Labute approximate surface area is 260 Å². The van der Waals surface area contributed by atoms with Gasteiger partial charge in [-0.05, 0) is 61.4 Å². The molecule has 6 rings (SSSR count). The molecule has 3 aromatic rings. The Bertz CT molecular complexity index is 1540. The zero-order chi connectivity index (χ0) is 30.3. The minimum atomic E-state index is -4.62. The highest BCUT2D eigenvalue weighted by atomic mass is 35.5. The number of aryl methyl sites for hydroxylation is 1. The summed E-state index contributed by atoms with van der Waals surface area (Å²) in [6.45, 7) is 3.25. The highest BCUT2D eigenvalue weighted by Gasteiger charge is 2.42. The molecule has 2 N–H and O–H groups in total. The highest BCUT2D eigenvalue weighted by molar-refractivity contribution is 7.10. The first-order chi connectivity index (χ1) is 20.6. The number of benzene rings is 1. The number of carbonyl (C=O) groups excluding carboxylic acids is 1. The molecule has 1 amide bonds. The lowest BCUT2D eigenvalue weighted by atomic mass is 9.87. The second-order valence-electron chi connectivity index (χ2n) is 11.1. The van der Waals surface area contributed by atoms with Crippen LogP contribution in [-0.4, -0.2) is 58.8 Å². The van der Waals surface area contributed by atoms with Crippen molar-refractivity contribution in [3.05, 3.63) is 66.8 Å². The maximum absolute atomic E-state index is 14.3. The van der Waals surface area contributed by atoms with Gasteiger partial charge in [0.1, 0.15) is 5.01 Å². The number of halogens is 5. The van der Waals surface area contributed by atoms with Crippen LogP contribution in [0.3, 0.4) is 0 Å². The quantitative estimate of drug-likeness (QED) is 0.257. The monoisotopic (exact) mass is 655 g/mol. The molecule has 1 saturated carbocycles. The van der Waals surface area contributed by atoms with Gasteiger partial charge in [-0.1, -0.05) is 35.3 Å². The number of ether oxygens (including phenoxy) is 1. The fourth-order valence-electron chi connectivity index (χ4n) is 5.63. The number of nitrogens with zero attached hydrogens (tertiary/aromatic N) is 3. The summed E-state index contributed by atoms with van der Waals surface area (Å²) in [5, 5.41) is 14.2. The van der Waals surface area contributed by atoms with Gasteiger partial charge in [-0.15, -0.1) is 11.3 Å². The zero-order valence-corrected chi connectivity index (χ0v) is 25.6. The lowest BCUT2D eigenvalue weighted by Gasteiger charge is -2.40. The minimum Gasteiger partial charge on any atom is -0.475 e. The zero-order valence-electron chi connectivity index (χ0n) is 23.3. The molecule has 2 bridgehead atoms. The van der Waals surface area contributed by atoms with Crippen LogP contribution in [0.15, 0.2) is 33.7 Å². The second kappa shape index (κ2) is 12.4. The number of piperazine rings is 1. The van der Waals surface area contributed by atoms with Crippen LogP contribution in [0, 0.1) is 6.92 Å². The molecule has 230 valence electrons. The van der Waals surface area contributed by atoms with Gasteiger partial charge in [-0.2, -0.15) is 13.2 Å². The number of hydrogen-bond donors (Lipinski definition) is 2. The SMILES string of the molecule is Cc1c(OCCCc2csc(C3=C(C(=O)N(Cc4cccc(Cl)c4Cl)C4CC4)[C@H]4CNCC(C3)N4)n2)noc1C(F)(F)F. The largest absolute Gasteiger partial charge is 0.475 e. The Balaban J connectivity index is 1.19. The lowest BCUT2D eigenvalue weighted by molar-refractivity contribution is -0.156. The Hall–Kier alpha value is -2.64. The molecule has 3 aliphatic rings. The van der Waals surface area contributed by atoms with Crippen LogP contribution in [-0.2, 0) is 23.9 Å². The Morgan fingerprint density at radius 1 is 1.26 bits per heavy atom. The van der Waals surface area contributed by atoms with E-state index in [1.54, 1.807) is 6.07 Å². The van der Waals surface area contributed by atoms with E-state index in [1.165, 1.54) is 18.3 Å². The van der Waals surface area contributed by atoms with Crippen LogP contribution in [0.25, 0.3) is 5.57 Å². The average Bonchev–Trinajstić information content (AvgIpc) is 3.57. The summed E-state index contributed by atoms with van der Waals surface area (Å²) in [4.78, 5) is 21.1. The number of thiazole rings is 1. The van der Waals surface area contributed by atoms with Crippen molar-refractivity contribution in [3.8, 4) is 5.88 Å². The van der Waals surface area contributed by atoms with Gasteiger partial charge >= 0.3 is 6.18 Å². The number of aromatic nitrogens is 2. The van der Waals surface area contributed by atoms with E-state index in [4.69, 9.17) is 32.9 Å². The van der Waals surface area contributed by atoms with Crippen molar-refractivity contribution in [2.75, 3.05) is 19.7 Å². The van der Waals surface area contributed by atoms with Crippen molar-refractivity contribution in [3.63, 3.8) is 0 Å². The van der Waals surface area contributed by atoms with Crippen LogP contribution in [0.5, 0.6) is 5.88 Å². The Morgan fingerprint density at radius 2 is 2.07 bits per heavy atom. The number of alkyl halides is 3. The topological polar surface area (TPSA) is 92.5 Å². The molecule has 0 spiro atoms. The first kappa shape index (κ1) is 30.4. The van der Waals surface area contributed by atoms with Gasteiger partial charge in [0.15, 0.2) is 0 Å². The van der Waals surface area contributed by atoms with Gasteiger partial charge in [0.25, 0.3) is 11.8 Å². The van der Waals surface area contributed by atoms with Gasteiger partial charge in [-0.25, -0.2) is 4.98 Å². The number of nitrogens with one attached hydrogen (secondary N) is 2. The summed E-state index contributed by atoms with van der Waals surface area (Å²) in [7, 11) is 0. The highest BCUT2D eigenvalue weighted by Crippen LogP contribution is 2.39. The molecular formula is C29H30Cl2F3N5O3S. The molecule has 8 nitrogen and oxygen atoms in total. The van der Waals surface area contributed by atoms with Crippen LogP contribution in [0.1, 0.15) is 53.3 Å². The van der Waals surface area contributed by atoms with E-state index in [2.05, 4.69) is 20.3 Å². The number of hydrogen-bond acceptors (Lipinski definition) is 8. The van der Waals surface area contributed by atoms with Gasteiger partial charge in [0.05, 0.1) is 34.0 Å². The average molecular weight is 657 g/mol. The van der Waals surface area contributed by atoms with Crippen molar-refractivity contribution in [2.45, 2.75) is 69.9 Å². The first-order valence-electron chi connectivity index (χ1n) is 14.1. The molecule has 14 heteroatoms. The van der Waals surface area contributed by atoms with Gasteiger partial charge in [0, 0.05) is 42.7 Å². The van der Waals surface area contributed by atoms with E-state index in [9.17, 15) is 18.0 Å². The molecule has 4 heterocycles. The van der Waals surface area contributed by atoms with Crippen molar-refractivity contribution in [1.29, 1.82) is 0 Å². The van der Waals surface area contributed by atoms with Gasteiger partial charge in [-0.3, -0.25) is 4.79 Å². The molecule has 0 radical (unpaired) electrons. The van der Waals surface area contributed by atoms with E-state index >= 15 is 0 Å². The summed E-state index contributed by atoms with van der Waals surface area (Å²) in [6.07, 6.45) is -0.977. The number of fused-ring (bicyclic) bond motifs is 2. The summed E-state index contributed by atoms with van der Waals surface area (Å²) >= 11 is 14.3. The van der Waals surface area contributed by atoms with Crippen molar-refractivity contribution in [2.24, 2.45) is 0 Å². The number of carbonyl (C=O) groups is 1. The van der Waals surface area contributed by atoms with Crippen LogP contribution in [0.2, 0.25) is 10.0 Å². The van der Waals surface area contributed by atoms with E-state index in [0.29, 0.717) is 42.4 Å². The summed E-state index contributed by atoms with van der Waals surface area (Å²) in [5.74, 6) is -1.32. The third-order valence-electron chi connectivity index (χ3n) is 7.92. The maximum Gasteiger partial charge on any atom is 0.452 e. The standard InChI is InChI=1S/C29H30Cl2F3N5O3S/c1-15-25(29(32,33)34)42-38-26(15)41-9-3-5-17-14-43-27(37-17)20-10-18-11-35-12-22(36-18)23(20)28(40)39(19-7-8-19)13-16-4-2-6-21(30)24(16)31/h2,4,6,14,18-19,22,35-36H,3,5,7-13H2,1H3/t18?,22-/m1/s1. The predicted octanol–water partition coefficient (Wildman–Crippen LogP) is 6.06. The Kier molecular flexibility index (Phi) is 8.76. The van der Waals surface area contributed by atoms with Crippen LogP contribution < -0.4 is 15.4 Å². The number of rotatable bonds is 10. The van der Waals surface area contributed by atoms with E-state index in [0.717, 1.165) is 46.8 Å². The van der Waals surface area contributed by atoms with E-state index in [1.807, 2.05) is 22.4 Å². The molecule has 43 heavy (non-hydrogen) atoms. The first-order valence-corrected chi connectivity index (χ1v) is 15.8. The Morgan fingerprint density at radius 3 is 2.81 bits per heavy atom. The molecule has 1 saturated heterocycles. The molecule has 2 fully saturated rings. The fraction of sp³-hybridized carbons (Fsp3) is 0.483. The summed E-state index contributed by atoms with van der Waals surface area (Å²) in [6, 6.07) is 5.68. The smallest absolute Gasteiger partial charge is 0.452 e. The third-order valence-corrected chi connectivity index (χ3v) is 9.72. The lowest BCUT2D eigenvalue weighted by Crippen LogP contribution is -2.60. The normalized spacial score (nSPS) is 20.4. The second-order valence-corrected chi connectivity index (χ2v) is 12.7. The molecular weight excluding hydrogens is 626 g/mol. The van der Waals surface area contributed by atoms with Gasteiger partial charge in [0.2, 0.25) is 5.76 Å². The van der Waals surface area contributed by atoms with E-state index in [-0.39, 0.29) is 42.1 Å². The maximum atomic E-state index is 14.3. The van der Waals surface area contributed by atoms with Crippen molar-refractivity contribution < 1.29 is 27.2 Å². The van der Waals surface area contributed by atoms with Crippen molar-refractivity contribution in [1.82, 2.24) is 25.7 Å².